The van der Waals surface area contributed by atoms with E-state index >= 15 is 0 Å². The van der Waals surface area contributed by atoms with Crippen LogP contribution in [-0.2, 0) is 0 Å². The van der Waals surface area contributed by atoms with Crippen LogP contribution in [-0.4, -0.2) is 54.9 Å². The summed E-state index contributed by atoms with van der Waals surface area (Å²) in [6.07, 6.45) is 6.30. The summed E-state index contributed by atoms with van der Waals surface area (Å²) in [5.74, 6) is 0.373. The zero-order valence-electron chi connectivity index (χ0n) is 13.7. The first-order valence-electron chi connectivity index (χ1n) is 8.01. The molecule has 0 aromatic heterocycles. The molecule has 1 aliphatic heterocycles. The molecule has 1 aliphatic rings. The molecule has 0 aromatic carbocycles. The van der Waals surface area contributed by atoms with Gasteiger partial charge in [0.05, 0.1) is 16.6 Å². The highest BCUT2D eigenvalue weighted by molar-refractivity contribution is 6.36. The van der Waals surface area contributed by atoms with Crippen LogP contribution in [0.3, 0.4) is 0 Å². The first-order valence-corrected chi connectivity index (χ1v) is 8.92. The molecule has 1 rings (SSSR count). The predicted octanol–water partition coefficient (Wildman–Crippen LogP) is 3.63. The fourth-order valence-corrected chi connectivity index (χ4v) is 2.51. The number of piperazine rings is 1. The van der Waals surface area contributed by atoms with Crippen molar-refractivity contribution in [3.63, 3.8) is 0 Å². The minimum Gasteiger partial charge on any atom is -0.368 e. The Bertz CT molecular complexity index is 309. The molecule has 0 spiro atoms. The van der Waals surface area contributed by atoms with Crippen molar-refractivity contribution in [2.45, 2.75) is 33.6 Å². The van der Waals surface area contributed by atoms with E-state index in [4.69, 9.17) is 28.9 Å². The smallest absolute Gasteiger partial charge is 0.0602 e. The van der Waals surface area contributed by atoms with Crippen LogP contribution in [0.2, 0.25) is 0 Å². The van der Waals surface area contributed by atoms with Crippen molar-refractivity contribution < 1.29 is 0 Å². The molecule has 0 radical (unpaired) electrons. The van der Waals surface area contributed by atoms with Gasteiger partial charge in [0.2, 0.25) is 0 Å². The maximum atomic E-state index is 6.24. The Morgan fingerprint density at radius 2 is 1.81 bits per heavy atom. The highest BCUT2D eigenvalue weighted by atomic mass is 35.5. The summed E-state index contributed by atoms with van der Waals surface area (Å²) in [5.41, 5.74) is 6.63. The molecule has 21 heavy (non-hydrogen) atoms. The summed E-state index contributed by atoms with van der Waals surface area (Å²) in [6.45, 7) is 12.1. The molecule has 1 heterocycles. The zero-order chi connectivity index (χ0) is 16.1. The lowest BCUT2D eigenvalue weighted by Gasteiger charge is -2.37. The van der Waals surface area contributed by atoms with E-state index in [0.29, 0.717) is 5.88 Å². The van der Waals surface area contributed by atoms with Gasteiger partial charge in [0.15, 0.2) is 0 Å². The fraction of sp³-hybridized carbons (Fsp3) is 0.750. The van der Waals surface area contributed by atoms with Crippen LogP contribution in [0.15, 0.2) is 22.9 Å². The standard InChI is InChI=1S/C14H25Cl2N3.C2H6/c1-2-3-5-14(13(16)12-15)19-10-8-18(9-11-19)7-4-6-17;1-2/h3,5H,2,4,6-12,17H2,1H3;1-2H3/b5-3-,14-13-;. The number of nitrogens with zero attached hydrogens (tertiary/aromatic N) is 2. The van der Waals surface area contributed by atoms with Gasteiger partial charge in [0.1, 0.15) is 0 Å². The van der Waals surface area contributed by atoms with Crippen LogP contribution < -0.4 is 5.73 Å². The van der Waals surface area contributed by atoms with E-state index in [2.05, 4.69) is 28.9 Å². The maximum absolute atomic E-state index is 6.24. The molecule has 2 N–H and O–H groups in total. The lowest BCUT2D eigenvalue weighted by atomic mass is 10.2. The van der Waals surface area contributed by atoms with Crippen molar-refractivity contribution in [1.29, 1.82) is 0 Å². The summed E-state index contributed by atoms with van der Waals surface area (Å²) in [6, 6.07) is 0. The average molecular weight is 336 g/mol. The molecule has 0 bridgehead atoms. The fourth-order valence-electron chi connectivity index (χ4n) is 2.19. The first-order chi connectivity index (χ1) is 10.2. The van der Waals surface area contributed by atoms with E-state index in [0.717, 1.165) is 62.8 Å². The van der Waals surface area contributed by atoms with Gasteiger partial charge >= 0.3 is 0 Å². The van der Waals surface area contributed by atoms with Gasteiger partial charge in [-0.3, -0.25) is 4.90 Å². The molecular weight excluding hydrogens is 305 g/mol. The lowest BCUT2D eigenvalue weighted by Crippen LogP contribution is -2.46. The molecule has 1 saturated heterocycles. The molecule has 0 atom stereocenters. The van der Waals surface area contributed by atoms with Crippen LogP contribution in [0.5, 0.6) is 0 Å². The number of rotatable bonds is 7. The van der Waals surface area contributed by atoms with Gasteiger partial charge in [0.25, 0.3) is 0 Å². The third-order valence-electron chi connectivity index (χ3n) is 3.30. The van der Waals surface area contributed by atoms with E-state index in [1.54, 1.807) is 0 Å². The summed E-state index contributed by atoms with van der Waals surface area (Å²) in [5, 5.41) is 0.738. The van der Waals surface area contributed by atoms with Crippen LogP contribution in [0.1, 0.15) is 33.6 Å². The van der Waals surface area contributed by atoms with Crippen molar-refractivity contribution in [3.05, 3.63) is 22.9 Å². The van der Waals surface area contributed by atoms with Gasteiger partial charge in [-0.05, 0) is 32.0 Å². The third kappa shape index (κ3) is 8.10. The van der Waals surface area contributed by atoms with Gasteiger partial charge < -0.3 is 10.6 Å². The molecule has 1 fully saturated rings. The van der Waals surface area contributed by atoms with E-state index in [-0.39, 0.29) is 0 Å². The predicted molar refractivity (Wildman–Crippen MR) is 96.1 cm³/mol. The van der Waals surface area contributed by atoms with Gasteiger partial charge in [-0.1, -0.05) is 38.4 Å². The largest absolute Gasteiger partial charge is 0.368 e. The molecule has 0 aliphatic carbocycles. The Morgan fingerprint density at radius 3 is 2.29 bits per heavy atom. The topological polar surface area (TPSA) is 32.5 Å². The highest BCUT2D eigenvalue weighted by Crippen LogP contribution is 2.19. The Balaban J connectivity index is 0.00000191. The maximum Gasteiger partial charge on any atom is 0.0602 e. The van der Waals surface area contributed by atoms with Crippen molar-refractivity contribution in [2.75, 3.05) is 45.1 Å². The monoisotopic (exact) mass is 335 g/mol. The third-order valence-corrected chi connectivity index (χ3v) is 4.03. The van der Waals surface area contributed by atoms with Crippen molar-refractivity contribution in [2.24, 2.45) is 5.73 Å². The first kappa shape index (κ1) is 20.8. The van der Waals surface area contributed by atoms with Crippen molar-refractivity contribution in [3.8, 4) is 0 Å². The number of halogens is 2. The average Bonchev–Trinajstić information content (AvgIpc) is 2.55. The second-order valence-corrected chi connectivity index (χ2v) is 5.43. The minimum absolute atomic E-state index is 0.373. The quantitative estimate of drug-likeness (QED) is 0.569. The second kappa shape index (κ2) is 13.4. The number of hydrogen-bond donors (Lipinski definition) is 1. The van der Waals surface area contributed by atoms with Crippen LogP contribution in [0, 0.1) is 0 Å². The molecule has 3 nitrogen and oxygen atoms in total. The molecule has 0 amide bonds. The molecule has 5 heteroatoms. The van der Waals surface area contributed by atoms with E-state index in [1.165, 1.54) is 0 Å². The molecular formula is C16H31Cl2N3. The minimum atomic E-state index is 0.373. The normalized spacial score (nSPS) is 17.5. The summed E-state index contributed by atoms with van der Waals surface area (Å²) >= 11 is 12.1. The highest BCUT2D eigenvalue weighted by Gasteiger charge is 2.18. The lowest BCUT2D eigenvalue weighted by molar-refractivity contribution is 0.161. The summed E-state index contributed by atoms with van der Waals surface area (Å²) in [4.78, 5) is 4.79. The second-order valence-electron chi connectivity index (χ2n) is 4.71. The van der Waals surface area contributed by atoms with E-state index in [9.17, 15) is 0 Å². The summed E-state index contributed by atoms with van der Waals surface area (Å²) in [7, 11) is 0. The van der Waals surface area contributed by atoms with Crippen LogP contribution in [0.25, 0.3) is 0 Å². The number of allylic oxidation sites excluding steroid dienone is 3. The van der Waals surface area contributed by atoms with Gasteiger partial charge in [-0.25, -0.2) is 0 Å². The van der Waals surface area contributed by atoms with Gasteiger partial charge in [-0.15, -0.1) is 11.6 Å². The zero-order valence-corrected chi connectivity index (χ0v) is 15.3. The molecule has 124 valence electrons. The number of hydrogen-bond acceptors (Lipinski definition) is 3. The van der Waals surface area contributed by atoms with Crippen molar-refractivity contribution in [1.82, 2.24) is 9.80 Å². The molecule has 0 saturated carbocycles. The number of alkyl halides is 1. The van der Waals surface area contributed by atoms with Gasteiger partial charge in [0, 0.05) is 26.2 Å². The molecule has 0 aromatic rings. The Morgan fingerprint density at radius 1 is 1.19 bits per heavy atom. The van der Waals surface area contributed by atoms with Crippen molar-refractivity contribution >= 4 is 23.2 Å². The number of nitrogens with two attached hydrogens (primary N) is 1. The summed E-state index contributed by atoms with van der Waals surface area (Å²) < 4.78 is 0. The van der Waals surface area contributed by atoms with E-state index in [1.807, 2.05) is 13.8 Å². The Hall–Kier alpha value is -0.220. The van der Waals surface area contributed by atoms with Crippen LogP contribution in [0.4, 0.5) is 0 Å². The molecule has 0 unspecified atom stereocenters. The van der Waals surface area contributed by atoms with Gasteiger partial charge in [-0.2, -0.15) is 0 Å². The Kier molecular flexibility index (Phi) is 13.3. The SMILES string of the molecule is CC.CC/C=C\C(=C(\Cl)CCl)N1CCN(CCCN)CC1. The van der Waals surface area contributed by atoms with Crippen LogP contribution >= 0.6 is 23.2 Å². The van der Waals surface area contributed by atoms with E-state index < -0.39 is 0 Å². The Labute approximate surface area is 140 Å².